The number of halogens is 1. The predicted molar refractivity (Wildman–Crippen MR) is 86.7 cm³/mol. The number of benzene rings is 2. The molecule has 0 aliphatic carbocycles. The van der Waals surface area contributed by atoms with E-state index in [1.807, 2.05) is 24.3 Å². The molecule has 0 N–H and O–H groups in total. The molecule has 1 aliphatic heterocycles. The van der Waals surface area contributed by atoms with Crippen LogP contribution in [0.3, 0.4) is 0 Å². The summed E-state index contributed by atoms with van der Waals surface area (Å²) in [5.74, 6) is 0.281. The number of hydrogen-bond acceptors (Lipinski definition) is 2. The van der Waals surface area contributed by atoms with Crippen LogP contribution in [0.25, 0.3) is 0 Å². The van der Waals surface area contributed by atoms with E-state index in [-0.39, 0.29) is 5.92 Å². The van der Waals surface area contributed by atoms with Gasteiger partial charge in [-0.05, 0) is 46.0 Å². The highest BCUT2D eigenvalue weighted by Gasteiger charge is 2.33. The van der Waals surface area contributed by atoms with Gasteiger partial charge in [-0.2, -0.15) is 4.31 Å². The quantitative estimate of drug-likeness (QED) is 0.832. The van der Waals surface area contributed by atoms with Crippen molar-refractivity contribution in [2.45, 2.75) is 17.2 Å². The minimum absolute atomic E-state index is 0.281. The standard InChI is InChI=1S/C16H16BrNO2S/c17-15-8-4-5-9-16(15)21(19,20)18-11-10-14(12-18)13-6-2-1-3-7-13/h1-9,14H,10-12H2. The largest absolute Gasteiger partial charge is 0.244 e. The molecule has 110 valence electrons. The number of sulfonamides is 1. The molecule has 0 amide bonds. The van der Waals surface area contributed by atoms with Gasteiger partial charge in [-0.3, -0.25) is 0 Å². The smallest absolute Gasteiger partial charge is 0.207 e. The summed E-state index contributed by atoms with van der Waals surface area (Å²) in [5, 5.41) is 0. The summed E-state index contributed by atoms with van der Waals surface area (Å²) in [6.45, 7) is 1.12. The maximum absolute atomic E-state index is 12.7. The SMILES string of the molecule is O=S(=O)(c1ccccc1Br)N1CCC(c2ccccc2)C1. The third-order valence-electron chi connectivity index (χ3n) is 3.88. The Kier molecular flexibility index (Phi) is 4.15. The van der Waals surface area contributed by atoms with Crippen molar-refractivity contribution in [1.82, 2.24) is 4.31 Å². The van der Waals surface area contributed by atoms with Gasteiger partial charge in [-0.15, -0.1) is 0 Å². The zero-order chi connectivity index (χ0) is 14.9. The molecule has 0 aromatic heterocycles. The van der Waals surface area contributed by atoms with Crippen molar-refractivity contribution in [1.29, 1.82) is 0 Å². The molecule has 2 aromatic rings. The van der Waals surface area contributed by atoms with Crippen LogP contribution in [0.15, 0.2) is 64.0 Å². The molecule has 1 heterocycles. The van der Waals surface area contributed by atoms with Gasteiger partial charge in [0.2, 0.25) is 10.0 Å². The topological polar surface area (TPSA) is 37.4 Å². The van der Waals surface area contributed by atoms with E-state index in [1.165, 1.54) is 5.56 Å². The fraction of sp³-hybridized carbons (Fsp3) is 0.250. The van der Waals surface area contributed by atoms with Gasteiger partial charge in [0.1, 0.15) is 0 Å². The summed E-state index contributed by atoms with van der Waals surface area (Å²) in [7, 11) is -3.42. The minimum Gasteiger partial charge on any atom is -0.207 e. The fourth-order valence-corrected chi connectivity index (χ4v) is 5.20. The third kappa shape index (κ3) is 2.91. The number of nitrogens with zero attached hydrogens (tertiary/aromatic N) is 1. The van der Waals surface area contributed by atoms with Crippen molar-refractivity contribution in [2.24, 2.45) is 0 Å². The van der Waals surface area contributed by atoms with Gasteiger partial charge in [0, 0.05) is 17.6 Å². The fourth-order valence-electron chi connectivity index (χ4n) is 2.74. The van der Waals surface area contributed by atoms with Gasteiger partial charge >= 0.3 is 0 Å². The molecule has 1 aliphatic rings. The molecule has 5 heteroatoms. The van der Waals surface area contributed by atoms with Gasteiger partial charge in [0.25, 0.3) is 0 Å². The van der Waals surface area contributed by atoms with Crippen LogP contribution >= 0.6 is 15.9 Å². The zero-order valence-corrected chi connectivity index (χ0v) is 13.8. The van der Waals surface area contributed by atoms with Gasteiger partial charge in [0.15, 0.2) is 0 Å². The average Bonchev–Trinajstić information content (AvgIpc) is 2.99. The van der Waals surface area contributed by atoms with Crippen molar-refractivity contribution in [3.63, 3.8) is 0 Å². The lowest BCUT2D eigenvalue weighted by molar-refractivity contribution is 0.472. The van der Waals surface area contributed by atoms with E-state index < -0.39 is 10.0 Å². The molecule has 0 saturated carbocycles. The molecule has 1 fully saturated rings. The van der Waals surface area contributed by atoms with Gasteiger partial charge < -0.3 is 0 Å². The molecule has 3 rings (SSSR count). The van der Waals surface area contributed by atoms with Crippen molar-refractivity contribution in [3.8, 4) is 0 Å². The Bertz CT molecular complexity index is 731. The van der Waals surface area contributed by atoms with E-state index in [0.29, 0.717) is 22.5 Å². The lowest BCUT2D eigenvalue weighted by Gasteiger charge is -2.17. The normalized spacial score (nSPS) is 19.8. The monoisotopic (exact) mass is 365 g/mol. The lowest BCUT2D eigenvalue weighted by atomic mass is 9.99. The van der Waals surface area contributed by atoms with Crippen LogP contribution in [0.2, 0.25) is 0 Å². The van der Waals surface area contributed by atoms with Gasteiger partial charge in [-0.1, -0.05) is 42.5 Å². The molecule has 3 nitrogen and oxygen atoms in total. The second-order valence-corrected chi connectivity index (χ2v) is 7.95. The summed E-state index contributed by atoms with van der Waals surface area (Å²) in [6, 6.07) is 17.1. The highest BCUT2D eigenvalue weighted by Crippen LogP contribution is 2.32. The highest BCUT2D eigenvalue weighted by molar-refractivity contribution is 9.10. The summed E-state index contributed by atoms with van der Waals surface area (Å²) >= 11 is 3.33. The maximum atomic E-state index is 12.7. The lowest BCUT2D eigenvalue weighted by Crippen LogP contribution is -2.28. The zero-order valence-electron chi connectivity index (χ0n) is 11.4. The Morgan fingerprint density at radius 2 is 1.67 bits per heavy atom. The van der Waals surface area contributed by atoms with Crippen molar-refractivity contribution in [3.05, 3.63) is 64.6 Å². The first-order chi connectivity index (χ1) is 10.1. The van der Waals surface area contributed by atoms with E-state index in [9.17, 15) is 8.42 Å². The molecule has 0 radical (unpaired) electrons. The second kappa shape index (κ2) is 5.91. The van der Waals surface area contributed by atoms with Crippen molar-refractivity contribution >= 4 is 26.0 Å². The molecule has 1 atom stereocenters. The first kappa shape index (κ1) is 14.8. The molecule has 21 heavy (non-hydrogen) atoms. The minimum atomic E-state index is -3.42. The summed E-state index contributed by atoms with van der Waals surface area (Å²) < 4.78 is 27.7. The van der Waals surface area contributed by atoms with E-state index in [4.69, 9.17) is 0 Å². The Morgan fingerprint density at radius 1 is 1.00 bits per heavy atom. The first-order valence-corrected chi connectivity index (χ1v) is 9.12. The Balaban J connectivity index is 1.85. The summed E-state index contributed by atoms with van der Waals surface area (Å²) in [5.41, 5.74) is 1.21. The molecule has 0 bridgehead atoms. The molecule has 1 saturated heterocycles. The van der Waals surface area contributed by atoms with Gasteiger partial charge in [-0.25, -0.2) is 8.42 Å². The third-order valence-corrected chi connectivity index (χ3v) is 6.75. The van der Waals surface area contributed by atoms with E-state index >= 15 is 0 Å². The van der Waals surface area contributed by atoms with E-state index in [1.54, 1.807) is 22.5 Å². The van der Waals surface area contributed by atoms with E-state index in [2.05, 4.69) is 28.1 Å². The summed E-state index contributed by atoms with van der Waals surface area (Å²) in [4.78, 5) is 0.346. The molecular formula is C16H16BrNO2S. The van der Waals surface area contributed by atoms with Crippen LogP contribution in [-0.2, 0) is 10.0 Å². The molecular weight excluding hydrogens is 350 g/mol. The molecule has 2 aromatic carbocycles. The first-order valence-electron chi connectivity index (χ1n) is 6.88. The Labute approximate surface area is 133 Å². The highest BCUT2D eigenvalue weighted by atomic mass is 79.9. The molecule has 1 unspecified atom stereocenters. The van der Waals surface area contributed by atoms with E-state index in [0.717, 1.165) is 6.42 Å². The predicted octanol–water partition coefficient (Wildman–Crippen LogP) is 3.63. The summed E-state index contributed by atoms with van der Waals surface area (Å²) in [6.07, 6.45) is 0.869. The second-order valence-electron chi connectivity index (χ2n) is 5.19. The average molecular weight is 366 g/mol. The van der Waals surface area contributed by atoms with Crippen LogP contribution in [0.4, 0.5) is 0 Å². The Morgan fingerprint density at radius 3 is 2.38 bits per heavy atom. The number of hydrogen-bond donors (Lipinski definition) is 0. The van der Waals surface area contributed by atoms with Crippen molar-refractivity contribution in [2.75, 3.05) is 13.1 Å². The van der Waals surface area contributed by atoms with Crippen LogP contribution < -0.4 is 0 Å². The van der Waals surface area contributed by atoms with Gasteiger partial charge in [0.05, 0.1) is 4.90 Å². The van der Waals surface area contributed by atoms with Crippen LogP contribution in [0.5, 0.6) is 0 Å². The van der Waals surface area contributed by atoms with Crippen LogP contribution in [0.1, 0.15) is 17.9 Å². The Hall–Kier alpha value is -1.17. The van der Waals surface area contributed by atoms with Crippen LogP contribution in [-0.4, -0.2) is 25.8 Å². The molecule has 0 spiro atoms. The van der Waals surface area contributed by atoms with Crippen LogP contribution in [0, 0.1) is 0 Å². The number of rotatable bonds is 3. The maximum Gasteiger partial charge on any atom is 0.244 e. The van der Waals surface area contributed by atoms with Crippen molar-refractivity contribution < 1.29 is 8.42 Å².